The molecule has 0 radical (unpaired) electrons. The van der Waals surface area contributed by atoms with Gasteiger partial charge < -0.3 is 19.3 Å². The van der Waals surface area contributed by atoms with E-state index < -0.39 is 5.97 Å². The Bertz CT molecular complexity index is 245. The van der Waals surface area contributed by atoms with Gasteiger partial charge in [-0.3, -0.25) is 9.69 Å². The zero-order valence-electron chi connectivity index (χ0n) is 11.7. The average Bonchev–Trinajstić information content (AvgIpc) is 3.15. The summed E-state index contributed by atoms with van der Waals surface area (Å²) in [6.07, 6.45) is 2.45. The maximum Gasteiger partial charge on any atom is 0.317 e. The third kappa shape index (κ3) is 9.84. The van der Waals surface area contributed by atoms with Gasteiger partial charge in [0, 0.05) is 20.2 Å². The van der Waals surface area contributed by atoms with Gasteiger partial charge in [0.25, 0.3) is 0 Å². The van der Waals surface area contributed by atoms with E-state index in [9.17, 15) is 4.79 Å². The largest absolute Gasteiger partial charge is 0.480 e. The number of hydrogen-bond donors (Lipinski definition) is 1. The van der Waals surface area contributed by atoms with Gasteiger partial charge in [-0.1, -0.05) is 0 Å². The summed E-state index contributed by atoms with van der Waals surface area (Å²) in [7, 11) is 1.64. The molecule has 1 fully saturated rings. The van der Waals surface area contributed by atoms with Gasteiger partial charge in [-0.2, -0.15) is 0 Å². The standard InChI is InChI=1S/C13H25NO5/c1-17-6-7-19-9-8-18-5-4-14(11-13(15)16)10-12-2-3-12/h12H,2-11H2,1H3,(H,15,16). The number of ether oxygens (including phenoxy) is 3. The molecule has 6 heteroatoms. The number of carboxylic acids is 1. The van der Waals surface area contributed by atoms with Crippen LogP contribution in [-0.4, -0.2) is 75.8 Å². The zero-order chi connectivity index (χ0) is 13.9. The zero-order valence-corrected chi connectivity index (χ0v) is 11.7. The molecule has 0 amide bonds. The van der Waals surface area contributed by atoms with E-state index in [4.69, 9.17) is 19.3 Å². The van der Waals surface area contributed by atoms with Crippen LogP contribution in [-0.2, 0) is 19.0 Å². The Morgan fingerprint density at radius 2 is 1.79 bits per heavy atom. The molecule has 0 unspecified atom stereocenters. The Hall–Kier alpha value is -0.690. The molecule has 1 N–H and O–H groups in total. The summed E-state index contributed by atoms with van der Waals surface area (Å²) in [4.78, 5) is 12.7. The van der Waals surface area contributed by atoms with Crippen molar-refractivity contribution < 1.29 is 24.1 Å². The highest BCUT2D eigenvalue weighted by Crippen LogP contribution is 2.29. The van der Waals surface area contributed by atoms with Crippen LogP contribution >= 0.6 is 0 Å². The minimum Gasteiger partial charge on any atom is -0.480 e. The van der Waals surface area contributed by atoms with Gasteiger partial charge in [-0.25, -0.2) is 0 Å². The van der Waals surface area contributed by atoms with Crippen molar-refractivity contribution in [2.24, 2.45) is 5.92 Å². The summed E-state index contributed by atoms with van der Waals surface area (Å²) in [6, 6.07) is 0. The first-order valence-electron chi connectivity index (χ1n) is 6.81. The van der Waals surface area contributed by atoms with E-state index in [2.05, 4.69) is 0 Å². The number of rotatable bonds is 13. The molecule has 6 nitrogen and oxygen atoms in total. The van der Waals surface area contributed by atoms with Crippen molar-refractivity contribution in [2.75, 3.05) is 59.8 Å². The quantitative estimate of drug-likeness (QED) is 0.493. The molecule has 1 aliphatic rings. The van der Waals surface area contributed by atoms with E-state index >= 15 is 0 Å². The molecule has 112 valence electrons. The lowest BCUT2D eigenvalue weighted by molar-refractivity contribution is -0.138. The van der Waals surface area contributed by atoms with E-state index in [-0.39, 0.29) is 6.54 Å². The van der Waals surface area contributed by atoms with Crippen molar-refractivity contribution in [1.29, 1.82) is 0 Å². The monoisotopic (exact) mass is 275 g/mol. The molecule has 1 saturated carbocycles. The summed E-state index contributed by atoms with van der Waals surface area (Å²) in [5, 5.41) is 8.83. The van der Waals surface area contributed by atoms with E-state index in [0.29, 0.717) is 45.5 Å². The molecule has 0 spiro atoms. The topological polar surface area (TPSA) is 68.2 Å². The van der Waals surface area contributed by atoms with Crippen LogP contribution in [0, 0.1) is 5.92 Å². The fourth-order valence-corrected chi connectivity index (χ4v) is 1.75. The lowest BCUT2D eigenvalue weighted by Gasteiger charge is -2.19. The van der Waals surface area contributed by atoms with Crippen LogP contribution < -0.4 is 0 Å². The molecular formula is C13H25NO5. The smallest absolute Gasteiger partial charge is 0.317 e. The second kappa shape index (κ2) is 10.1. The van der Waals surface area contributed by atoms with E-state index in [1.165, 1.54) is 12.8 Å². The molecule has 1 rings (SSSR count). The van der Waals surface area contributed by atoms with Crippen LogP contribution in [0.1, 0.15) is 12.8 Å². The van der Waals surface area contributed by atoms with Crippen LogP contribution in [0.3, 0.4) is 0 Å². The highest BCUT2D eigenvalue weighted by molar-refractivity contribution is 5.69. The van der Waals surface area contributed by atoms with Crippen LogP contribution in [0.5, 0.6) is 0 Å². The van der Waals surface area contributed by atoms with Crippen LogP contribution in [0.15, 0.2) is 0 Å². The second-order valence-electron chi connectivity index (χ2n) is 4.79. The van der Waals surface area contributed by atoms with Gasteiger partial charge in [0.2, 0.25) is 0 Å². The molecule has 0 bridgehead atoms. The highest BCUT2D eigenvalue weighted by atomic mass is 16.5. The van der Waals surface area contributed by atoms with Crippen molar-refractivity contribution in [3.8, 4) is 0 Å². The molecular weight excluding hydrogens is 250 g/mol. The Labute approximate surface area is 114 Å². The Kier molecular flexibility index (Phi) is 8.73. The number of nitrogens with zero attached hydrogens (tertiary/aromatic N) is 1. The Morgan fingerprint density at radius 3 is 2.37 bits per heavy atom. The van der Waals surface area contributed by atoms with E-state index in [0.717, 1.165) is 6.54 Å². The maximum atomic E-state index is 10.7. The fraction of sp³-hybridized carbons (Fsp3) is 0.923. The minimum atomic E-state index is -0.774. The van der Waals surface area contributed by atoms with Crippen molar-refractivity contribution in [2.45, 2.75) is 12.8 Å². The summed E-state index contributed by atoms with van der Waals surface area (Å²) in [5.74, 6) is -0.0831. The first-order valence-corrected chi connectivity index (χ1v) is 6.81. The molecule has 1 aliphatic carbocycles. The molecule has 0 aromatic carbocycles. The van der Waals surface area contributed by atoms with Crippen molar-refractivity contribution in [3.05, 3.63) is 0 Å². The van der Waals surface area contributed by atoms with Gasteiger partial charge in [0.1, 0.15) is 0 Å². The first kappa shape index (κ1) is 16.4. The van der Waals surface area contributed by atoms with Gasteiger partial charge in [-0.05, 0) is 18.8 Å². The predicted molar refractivity (Wildman–Crippen MR) is 70.3 cm³/mol. The molecule has 0 aliphatic heterocycles. The maximum absolute atomic E-state index is 10.7. The number of hydrogen-bond acceptors (Lipinski definition) is 5. The van der Waals surface area contributed by atoms with E-state index in [1.807, 2.05) is 4.90 Å². The third-order valence-electron chi connectivity index (χ3n) is 2.93. The van der Waals surface area contributed by atoms with Crippen LogP contribution in [0.4, 0.5) is 0 Å². The lowest BCUT2D eigenvalue weighted by atomic mass is 10.3. The van der Waals surface area contributed by atoms with E-state index in [1.54, 1.807) is 7.11 Å². The number of methoxy groups -OCH3 is 1. The molecule has 0 heterocycles. The molecule has 0 aromatic heterocycles. The van der Waals surface area contributed by atoms with Gasteiger partial charge >= 0.3 is 5.97 Å². The highest BCUT2D eigenvalue weighted by Gasteiger charge is 2.24. The van der Waals surface area contributed by atoms with Crippen LogP contribution in [0.2, 0.25) is 0 Å². The van der Waals surface area contributed by atoms with Crippen molar-refractivity contribution in [1.82, 2.24) is 4.90 Å². The van der Waals surface area contributed by atoms with Gasteiger partial charge in [0.15, 0.2) is 0 Å². The first-order chi connectivity index (χ1) is 9.22. The van der Waals surface area contributed by atoms with Gasteiger partial charge in [-0.15, -0.1) is 0 Å². The SMILES string of the molecule is COCCOCCOCCN(CC(=O)O)CC1CC1. The second-order valence-corrected chi connectivity index (χ2v) is 4.79. The minimum absolute atomic E-state index is 0.101. The van der Waals surface area contributed by atoms with Crippen molar-refractivity contribution >= 4 is 5.97 Å². The Balaban J connectivity index is 1.96. The summed E-state index contributed by atoms with van der Waals surface area (Å²) in [5.41, 5.74) is 0. The summed E-state index contributed by atoms with van der Waals surface area (Å²) in [6.45, 7) is 4.44. The Morgan fingerprint density at radius 1 is 1.16 bits per heavy atom. The molecule has 0 saturated heterocycles. The lowest BCUT2D eigenvalue weighted by Crippen LogP contribution is -2.34. The fourth-order valence-electron chi connectivity index (χ4n) is 1.75. The summed E-state index contributed by atoms with van der Waals surface area (Å²) >= 11 is 0. The van der Waals surface area contributed by atoms with Crippen LogP contribution in [0.25, 0.3) is 0 Å². The summed E-state index contributed by atoms with van der Waals surface area (Å²) < 4.78 is 15.5. The predicted octanol–water partition coefficient (Wildman–Crippen LogP) is 0.463. The molecule has 0 atom stereocenters. The number of aliphatic carboxylic acids is 1. The molecule has 0 aromatic rings. The van der Waals surface area contributed by atoms with Gasteiger partial charge in [0.05, 0.1) is 39.6 Å². The number of carbonyl (C=O) groups is 1. The van der Waals surface area contributed by atoms with Crippen molar-refractivity contribution in [3.63, 3.8) is 0 Å². The average molecular weight is 275 g/mol. The molecule has 19 heavy (non-hydrogen) atoms. The third-order valence-corrected chi connectivity index (χ3v) is 2.93. The number of carboxylic acid groups (broad SMARTS) is 1. The normalized spacial score (nSPS) is 15.1.